The Hall–Kier alpha value is -2.83. The van der Waals surface area contributed by atoms with Gasteiger partial charge in [0, 0.05) is 30.1 Å². The number of aldehydes is 1. The Morgan fingerprint density at radius 1 is 1.06 bits per heavy atom. The summed E-state index contributed by atoms with van der Waals surface area (Å²) < 4.78 is 0. The molecule has 4 rings (SSSR count). The predicted octanol–water partition coefficient (Wildman–Crippen LogP) is 3.46. The van der Waals surface area contributed by atoms with Crippen LogP contribution in [0.2, 0.25) is 0 Å². The van der Waals surface area contributed by atoms with Crippen molar-refractivity contribution in [1.82, 2.24) is 15.5 Å². The number of carbonyl (C=O) groups excluding carboxylic acids is 3. The number of piperidine rings is 1. The average molecular weight is 462 g/mol. The minimum atomic E-state index is -0.747. The fourth-order valence-corrected chi connectivity index (χ4v) is 4.93. The lowest BCUT2D eigenvalue weighted by molar-refractivity contribution is -0.131. The van der Waals surface area contributed by atoms with Crippen molar-refractivity contribution in [3.8, 4) is 0 Å². The van der Waals surface area contributed by atoms with Gasteiger partial charge in [-0.1, -0.05) is 55.8 Å². The van der Waals surface area contributed by atoms with Gasteiger partial charge in [0.05, 0.1) is 6.04 Å². The molecule has 0 bridgehead atoms. The standard InChI is InChI=1S/C28H35N3O3/c1-2-6-25(27(33)19-32)30-28(34)22-11-9-20(10-12-22)18-31-15-13-23(14-16-31)29-26-17-24(26)21-7-4-3-5-8-21/h3-5,7-12,19,23-26,29H,2,6,13-18H2,1H3,(H,30,34)/t24-,25?,26+/m0/s1. The van der Waals surface area contributed by atoms with E-state index in [1.807, 2.05) is 19.1 Å². The maximum absolute atomic E-state index is 12.5. The molecule has 0 radical (unpaired) electrons. The molecular weight excluding hydrogens is 426 g/mol. The third kappa shape index (κ3) is 6.39. The van der Waals surface area contributed by atoms with Gasteiger partial charge < -0.3 is 10.6 Å². The normalized spacial score (nSPS) is 21.6. The Morgan fingerprint density at radius 2 is 1.76 bits per heavy atom. The first-order valence-electron chi connectivity index (χ1n) is 12.5. The Balaban J connectivity index is 1.20. The summed E-state index contributed by atoms with van der Waals surface area (Å²) in [5.74, 6) is -0.230. The summed E-state index contributed by atoms with van der Waals surface area (Å²) in [7, 11) is 0. The highest BCUT2D eigenvalue weighted by molar-refractivity contribution is 6.28. The Kier molecular flexibility index (Phi) is 8.25. The smallest absolute Gasteiger partial charge is 0.251 e. The predicted molar refractivity (Wildman–Crippen MR) is 133 cm³/mol. The molecule has 1 saturated heterocycles. The van der Waals surface area contributed by atoms with Crippen LogP contribution in [0.1, 0.15) is 66.4 Å². The molecule has 1 unspecified atom stereocenters. The van der Waals surface area contributed by atoms with E-state index in [-0.39, 0.29) is 12.2 Å². The first kappa shape index (κ1) is 24.3. The lowest BCUT2D eigenvalue weighted by Gasteiger charge is -2.32. The van der Waals surface area contributed by atoms with E-state index in [1.54, 1.807) is 12.1 Å². The number of nitrogens with zero attached hydrogens (tertiary/aromatic N) is 1. The van der Waals surface area contributed by atoms with Crippen LogP contribution >= 0.6 is 0 Å². The van der Waals surface area contributed by atoms with Gasteiger partial charge in [-0.25, -0.2) is 0 Å². The van der Waals surface area contributed by atoms with E-state index >= 15 is 0 Å². The van der Waals surface area contributed by atoms with Crippen molar-refractivity contribution in [3.05, 3.63) is 71.3 Å². The van der Waals surface area contributed by atoms with Crippen LogP contribution in [-0.2, 0) is 16.1 Å². The minimum Gasteiger partial charge on any atom is -0.342 e. The molecule has 1 saturated carbocycles. The first-order valence-corrected chi connectivity index (χ1v) is 12.5. The Labute approximate surface area is 202 Å². The zero-order chi connectivity index (χ0) is 23.9. The van der Waals surface area contributed by atoms with Crippen LogP contribution < -0.4 is 10.6 Å². The second-order valence-electron chi connectivity index (χ2n) is 9.61. The van der Waals surface area contributed by atoms with Gasteiger partial charge in [0.2, 0.25) is 5.78 Å². The van der Waals surface area contributed by atoms with Crippen LogP contribution in [0.5, 0.6) is 0 Å². The van der Waals surface area contributed by atoms with Crippen molar-refractivity contribution in [2.45, 2.75) is 69.6 Å². The highest BCUT2D eigenvalue weighted by atomic mass is 16.2. The number of likely N-dealkylation sites (tertiary alicyclic amines) is 1. The molecule has 1 amide bonds. The Morgan fingerprint density at radius 3 is 2.41 bits per heavy atom. The summed E-state index contributed by atoms with van der Waals surface area (Å²) in [5, 5.41) is 6.55. The molecule has 2 aromatic rings. The van der Waals surface area contributed by atoms with Crippen LogP contribution in [0.15, 0.2) is 54.6 Å². The second-order valence-corrected chi connectivity index (χ2v) is 9.61. The van der Waals surface area contributed by atoms with Gasteiger partial charge in [-0.2, -0.15) is 0 Å². The SMILES string of the molecule is CCCC(NC(=O)c1ccc(CN2CCC(N[C@@H]3C[C@H]3c3ccccc3)CC2)cc1)C(=O)C=O. The molecule has 34 heavy (non-hydrogen) atoms. The molecule has 3 atom stereocenters. The van der Waals surface area contributed by atoms with Crippen molar-refractivity contribution in [3.63, 3.8) is 0 Å². The third-order valence-corrected chi connectivity index (χ3v) is 7.02. The van der Waals surface area contributed by atoms with E-state index in [0.29, 0.717) is 36.4 Å². The fourth-order valence-electron chi connectivity index (χ4n) is 4.93. The largest absolute Gasteiger partial charge is 0.342 e. The quantitative estimate of drug-likeness (QED) is 0.396. The summed E-state index contributed by atoms with van der Waals surface area (Å²) in [5.41, 5.74) is 3.12. The van der Waals surface area contributed by atoms with Crippen molar-refractivity contribution in [2.24, 2.45) is 0 Å². The summed E-state index contributed by atoms with van der Waals surface area (Å²) in [6, 6.07) is 18.8. The molecule has 1 aliphatic carbocycles. The molecule has 1 aliphatic heterocycles. The number of nitrogens with one attached hydrogen (secondary N) is 2. The number of benzene rings is 2. The van der Waals surface area contributed by atoms with E-state index in [4.69, 9.17) is 0 Å². The van der Waals surface area contributed by atoms with Gasteiger partial charge in [-0.05, 0) is 62.0 Å². The summed E-state index contributed by atoms with van der Waals surface area (Å²) in [6.45, 7) is 4.91. The monoisotopic (exact) mass is 461 g/mol. The van der Waals surface area contributed by atoms with E-state index in [1.165, 1.54) is 17.5 Å². The lowest BCUT2D eigenvalue weighted by Crippen LogP contribution is -2.43. The first-order chi connectivity index (χ1) is 16.6. The average Bonchev–Trinajstić information content (AvgIpc) is 3.64. The van der Waals surface area contributed by atoms with Gasteiger partial charge in [-0.15, -0.1) is 0 Å². The lowest BCUT2D eigenvalue weighted by atomic mass is 10.0. The van der Waals surface area contributed by atoms with E-state index in [2.05, 4.69) is 45.9 Å². The van der Waals surface area contributed by atoms with Crippen LogP contribution in [0.4, 0.5) is 0 Å². The van der Waals surface area contributed by atoms with Crippen molar-refractivity contribution < 1.29 is 14.4 Å². The molecule has 0 aromatic heterocycles. The topological polar surface area (TPSA) is 78.5 Å². The minimum absolute atomic E-state index is 0.286. The van der Waals surface area contributed by atoms with Crippen LogP contribution in [0.3, 0.4) is 0 Å². The second kappa shape index (κ2) is 11.5. The maximum Gasteiger partial charge on any atom is 0.251 e. The number of carbonyl (C=O) groups is 3. The molecule has 6 nitrogen and oxygen atoms in total. The van der Waals surface area contributed by atoms with Crippen molar-refractivity contribution in [1.29, 1.82) is 0 Å². The van der Waals surface area contributed by atoms with Gasteiger partial charge in [0.25, 0.3) is 5.91 Å². The van der Waals surface area contributed by atoms with Crippen LogP contribution in [0, 0.1) is 0 Å². The fraction of sp³-hybridized carbons (Fsp3) is 0.464. The van der Waals surface area contributed by atoms with Gasteiger partial charge in [0.1, 0.15) is 0 Å². The molecule has 2 aliphatic rings. The molecule has 2 aromatic carbocycles. The van der Waals surface area contributed by atoms with Crippen LogP contribution in [-0.4, -0.2) is 54.1 Å². The Bertz CT molecular complexity index is 968. The summed E-state index contributed by atoms with van der Waals surface area (Å²) in [6.07, 6.45) is 5.01. The number of Topliss-reactive ketones (excluding diaryl/α,β-unsaturated/α-hetero) is 1. The van der Waals surface area contributed by atoms with E-state index < -0.39 is 11.8 Å². The maximum atomic E-state index is 12.5. The number of hydrogen-bond donors (Lipinski definition) is 2. The molecular formula is C28H35N3O3. The third-order valence-electron chi connectivity index (χ3n) is 7.02. The van der Waals surface area contributed by atoms with Gasteiger partial charge in [0.15, 0.2) is 6.29 Å². The highest BCUT2D eigenvalue weighted by Crippen LogP contribution is 2.41. The van der Waals surface area contributed by atoms with Gasteiger partial charge in [-0.3, -0.25) is 19.3 Å². The summed E-state index contributed by atoms with van der Waals surface area (Å²) in [4.78, 5) is 37.5. The van der Waals surface area contributed by atoms with Crippen LogP contribution in [0.25, 0.3) is 0 Å². The number of hydrogen-bond acceptors (Lipinski definition) is 5. The molecule has 6 heteroatoms. The van der Waals surface area contributed by atoms with Crippen molar-refractivity contribution in [2.75, 3.05) is 13.1 Å². The number of amides is 1. The van der Waals surface area contributed by atoms with Crippen molar-refractivity contribution >= 4 is 18.0 Å². The molecule has 2 fully saturated rings. The number of ketones is 1. The highest BCUT2D eigenvalue weighted by Gasteiger charge is 2.39. The zero-order valence-electron chi connectivity index (χ0n) is 19.9. The molecule has 180 valence electrons. The zero-order valence-corrected chi connectivity index (χ0v) is 19.9. The molecule has 0 spiro atoms. The molecule has 2 N–H and O–H groups in total. The van der Waals surface area contributed by atoms with Gasteiger partial charge >= 0.3 is 0 Å². The van der Waals surface area contributed by atoms with E-state index in [9.17, 15) is 14.4 Å². The number of rotatable bonds is 11. The molecule has 1 heterocycles. The summed E-state index contributed by atoms with van der Waals surface area (Å²) >= 11 is 0. The van der Waals surface area contributed by atoms with E-state index in [0.717, 1.165) is 32.5 Å².